The van der Waals surface area contributed by atoms with Crippen molar-refractivity contribution in [2.75, 3.05) is 0 Å². The average molecular weight is 210 g/mol. The van der Waals surface area contributed by atoms with E-state index in [4.69, 9.17) is 5.73 Å². The van der Waals surface area contributed by atoms with Crippen molar-refractivity contribution >= 4 is 0 Å². The molecule has 1 nitrogen and oxygen atoms in total. The van der Waals surface area contributed by atoms with Gasteiger partial charge in [-0.25, -0.2) is 5.73 Å². The first-order valence-electron chi connectivity index (χ1n) is 5.53. The van der Waals surface area contributed by atoms with E-state index in [1.165, 1.54) is 5.56 Å². The van der Waals surface area contributed by atoms with Crippen LogP contribution in [-0.4, -0.2) is 0 Å². The lowest BCUT2D eigenvalue weighted by Gasteiger charge is -2.24. The summed E-state index contributed by atoms with van der Waals surface area (Å²) in [7, 11) is 0. The van der Waals surface area contributed by atoms with E-state index in [9.17, 15) is 0 Å². The number of hydrogen-bond acceptors (Lipinski definition) is 0. The summed E-state index contributed by atoms with van der Waals surface area (Å²) < 4.78 is 0. The monoisotopic (exact) mass is 210 g/mol. The van der Waals surface area contributed by atoms with E-state index in [0.29, 0.717) is 0 Å². The molecule has 0 saturated heterocycles. The molecule has 1 radical (unpaired) electrons. The number of rotatable bonds is 3. The van der Waals surface area contributed by atoms with Crippen LogP contribution in [0, 0.1) is 0 Å². The first-order valence-corrected chi connectivity index (χ1v) is 5.53. The summed E-state index contributed by atoms with van der Waals surface area (Å²) in [6.07, 6.45) is 0.748. The quantitative estimate of drug-likeness (QED) is 0.741. The van der Waals surface area contributed by atoms with Gasteiger partial charge in [0.1, 0.15) is 0 Å². The fraction of sp³-hybridized carbons (Fsp3) is 0.200. The van der Waals surface area contributed by atoms with Gasteiger partial charge in [0.15, 0.2) is 0 Å². The van der Waals surface area contributed by atoms with Gasteiger partial charge in [-0.2, -0.15) is 0 Å². The summed E-state index contributed by atoms with van der Waals surface area (Å²) in [4.78, 5) is 0. The highest BCUT2D eigenvalue weighted by molar-refractivity contribution is 5.27. The molecule has 16 heavy (non-hydrogen) atoms. The van der Waals surface area contributed by atoms with Gasteiger partial charge in [-0.15, -0.1) is 0 Å². The van der Waals surface area contributed by atoms with Gasteiger partial charge in [0.05, 0.1) is 5.54 Å². The van der Waals surface area contributed by atoms with Crippen molar-refractivity contribution in [2.24, 2.45) is 0 Å². The number of nitrogens with one attached hydrogen (secondary N) is 1. The molecule has 0 aliphatic heterocycles. The molecule has 1 unspecified atom stereocenters. The Bertz CT molecular complexity index is 432. The molecule has 0 bridgehead atoms. The average Bonchev–Trinajstić information content (AvgIpc) is 2.31. The Morgan fingerprint density at radius 2 is 1.38 bits per heavy atom. The predicted molar refractivity (Wildman–Crippen MR) is 67.0 cm³/mol. The Morgan fingerprint density at radius 1 is 0.875 bits per heavy atom. The topological polar surface area (TPSA) is 23.8 Å². The maximum Gasteiger partial charge on any atom is 0.0584 e. The van der Waals surface area contributed by atoms with Crippen molar-refractivity contribution in [1.29, 1.82) is 0 Å². The summed E-state index contributed by atoms with van der Waals surface area (Å²) >= 11 is 0. The maximum atomic E-state index is 8.40. The third-order valence-corrected chi connectivity index (χ3v) is 2.81. The van der Waals surface area contributed by atoms with Crippen LogP contribution in [-0.2, 0) is 12.0 Å². The zero-order chi connectivity index (χ0) is 11.4. The van der Waals surface area contributed by atoms with Crippen molar-refractivity contribution in [3.8, 4) is 0 Å². The molecule has 0 aliphatic rings. The van der Waals surface area contributed by atoms with Crippen molar-refractivity contribution in [2.45, 2.75) is 18.9 Å². The van der Waals surface area contributed by atoms with Gasteiger partial charge in [-0.05, 0) is 24.5 Å². The van der Waals surface area contributed by atoms with Crippen molar-refractivity contribution in [1.82, 2.24) is 5.73 Å². The Labute approximate surface area is 96.9 Å². The second-order valence-corrected chi connectivity index (χ2v) is 4.36. The molecule has 1 heteroatoms. The van der Waals surface area contributed by atoms with Crippen LogP contribution < -0.4 is 5.73 Å². The molecule has 81 valence electrons. The highest BCUT2D eigenvalue weighted by Crippen LogP contribution is 2.23. The van der Waals surface area contributed by atoms with Gasteiger partial charge >= 0.3 is 0 Å². The Hall–Kier alpha value is -1.60. The largest absolute Gasteiger partial charge is 0.246 e. The van der Waals surface area contributed by atoms with Crippen LogP contribution in [0.25, 0.3) is 0 Å². The first kappa shape index (κ1) is 10.9. The summed E-state index contributed by atoms with van der Waals surface area (Å²) in [5.74, 6) is 0. The highest BCUT2D eigenvalue weighted by Gasteiger charge is 2.21. The van der Waals surface area contributed by atoms with Crippen LogP contribution >= 0.6 is 0 Å². The van der Waals surface area contributed by atoms with Gasteiger partial charge in [-0.3, -0.25) is 0 Å². The smallest absolute Gasteiger partial charge is 0.0584 e. The van der Waals surface area contributed by atoms with E-state index < -0.39 is 5.54 Å². The van der Waals surface area contributed by atoms with E-state index >= 15 is 0 Å². The van der Waals surface area contributed by atoms with Crippen molar-refractivity contribution < 1.29 is 0 Å². The SMILES string of the molecule is CC([NH])(Cc1ccccc1)c1ccccc1. The summed E-state index contributed by atoms with van der Waals surface area (Å²) in [5, 5.41) is 0. The minimum atomic E-state index is -0.553. The normalized spacial score (nSPS) is 14.4. The molecule has 1 N–H and O–H groups in total. The fourth-order valence-electron chi connectivity index (χ4n) is 1.91. The molecule has 0 fully saturated rings. The minimum absolute atomic E-state index is 0.553. The maximum absolute atomic E-state index is 8.40. The third kappa shape index (κ3) is 2.50. The van der Waals surface area contributed by atoms with E-state index in [0.717, 1.165) is 12.0 Å². The Balaban J connectivity index is 2.21. The summed E-state index contributed by atoms with van der Waals surface area (Å²) in [6, 6.07) is 20.2. The molecule has 0 amide bonds. The lowest BCUT2D eigenvalue weighted by atomic mass is 9.87. The first-order chi connectivity index (χ1) is 7.68. The van der Waals surface area contributed by atoms with Gasteiger partial charge in [0.2, 0.25) is 0 Å². The summed E-state index contributed by atoms with van der Waals surface area (Å²) in [5.41, 5.74) is 10.1. The minimum Gasteiger partial charge on any atom is -0.246 e. The molecule has 0 saturated carbocycles. The van der Waals surface area contributed by atoms with E-state index in [-0.39, 0.29) is 0 Å². The van der Waals surface area contributed by atoms with Crippen LogP contribution in [0.5, 0.6) is 0 Å². The van der Waals surface area contributed by atoms with Crippen molar-refractivity contribution in [3.63, 3.8) is 0 Å². The molecule has 0 spiro atoms. The van der Waals surface area contributed by atoms with Crippen LogP contribution in [0.3, 0.4) is 0 Å². The molecule has 0 aliphatic carbocycles. The third-order valence-electron chi connectivity index (χ3n) is 2.81. The second-order valence-electron chi connectivity index (χ2n) is 4.36. The molecular formula is C15H16N. The molecule has 2 rings (SSSR count). The fourth-order valence-corrected chi connectivity index (χ4v) is 1.91. The van der Waals surface area contributed by atoms with E-state index in [1.54, 1.807) is 0 Å². The predicted octanol–water partition coefficient (Wildman–Crippen LogP) is 3.43. The number of benzene rings is 2. The van der Waals surface area contributed by atoms with Gasteiger partial charge in [0.25, 0.3) is 0 Å². The molecule has 0 heterocycles. The Morgan fingerprint density at radius 3 is 1.94 bits per heavy atom. The van der Waals surface area contributed by atoms with Crippen LogP contribution in [0.4, 0.5) is 0 Å². The second kappa shape index (κ2) is 4.50. The van der Waals surface area contributed by atoms with Crippen LogP contribution in [0.1, 0.15) is 18.1 Å². The lowest BCUT2D eigenvalue weighted by Crippen LogP contribution is -2.26. The molecule has 2 aromatic carbocycles. The highest BCUT2D eigenvalue weighted by atomic mass is 14.7. The zero-order valence-electron chi connectivity index (χ0n) is 9.48. The number of hydrogen-bond donors (Lipinski definition) is 0. The van der Waals surface area contributed by atoms with Gasteiger partial charge in [0, 0.05) is 0 Å². The van der Waals surface area contributed by atoms with Gasteiger partial charge in [-0.1, -0.05) is 60.7 Å². The van der Waals surface area contributed by atoms with E-state index in [1.807, 2.05) is 55.5 Å². The van der Waals surface area contributed by atoms with E-state index in [2.05, 4.69) is 12.1 Å². The molecule has 0 aromatic heterocycles. The van der Waals surface area contributed by atoms with Gasteiger partial charge < -0.3 is 0 Å². The van der Waals surface area contributed by atoms with Crippen molar-refractivity contribution in [3.05, 3.63) is 71.8 Å². The molecular weight excluding hydrogens is 194 g/mol. The standard InChI is InChI=1S/C15H16N/c1-15(16,14-10-6-3-7-11-14)12-13-8-4-2-5-9-13/h2-11,16H,12H2,1H3. The zero-order valence-corrected chi connectivity index (χ0v) is 9.48. The molecule has 1 atom stereocenters. The Kier molecular flexibility index (Phi) is 3.07. The van der Waals surface area contributed by atoms with Crippen LogP contribution in [0.15, 0.2) is 60.7 Å². The molecule has 2 aromatic rings. The summed E-state index contributed by atoms with van der Waals surface area (Å²) in [6.45, 7) is 1.97. The van der Waals surface area contributed by atoms with Crippen LogP contribution in [0.2, 0.25) is 0 Å². The lowest BCUT2D eigenvalue weighted by molar-refractivity contribution is 0.472.